The van der Waals surface area contributed by atoms with Crippen LogP contribution in [0.4, 0.5) is 0 Å². The number of aliphatic hydroxyl groups is 3. The maximum Gasteiger partial charge on any atom is 3.00 e. The van der Waals surface area contributed by atoms with Crippen molar-refractivity contribution < 1.29 is 48.9 Å². The molecular weight excluding hydrogens is 1060 g/mol. The van der Waals surface area contributed by atoms with Crippen LogP contribution in [0.25, 0.3) is 10.9 Å². The van der Waals surface area contributed by atoms with Crippen molar-refractivity contribution in [1.82, 2.24) is 42.2 Å². The number of carbonyl (C=O) groups is 7. The van der Waals surface area contributed by atoms with Crippen LogP contribution in [0.2, 0.25) is 0 Å². The normalized spacial score (nSPS) is 15.3. The number of hydrogen-bond acceptors (Lipinski definition) is 14. The maximum absolute atomic E-state index is 14.6. The molecule has 10 atom stereocenters. The molecule has 72 heavy (non-hydrogen) atoms. The van der Waals surface area contributed by atoms with Crippen molar-refractivity contribution in [3.8, 4) is 0 Å². The number of nitrogens with one attached hydrogen (secondary N) is 7. The van der Waals surface area contributed by atoms with Crippen LogP contribution in [-0.4, -0.2) is 168 Å². The van der Waals surface area contributed by atoms with Crippen LogP contribution in [0, 0.1) is 0 Å². The second-order valence-electron chi connectivity index (χ2n) is 17.2. The quantitative estimate of drug-likeness (QED) is 0.0192. The van der Waals surface area contributed by atoms with Gasteiger partial charge in [0.05, 0.1) is 43.0 Å². The average molecular weight is 1130 g/mol. The van der Waals surface area contributed by atoms with E-state index >= 15 is 0 Å². The number of nitrogens with two attached hydrogens (primary N) is 2. The summed E-state index contributed by atoms with van der Waals surface area (Å²) in [4.78, 5) is 101. The summed E-state index contributed by atoms with van der Waals surface area (Å²) in [7, 11) is 0. The SMILES string of the molecule is C[C@@H](O)[C@H](NC(=O)[C@H](CCCCN)NC(=O)[C@@H](Cc1c[n-]c2ccccc12)NC(=O)[C@H](Cc1ccccc1)NC(=O)[C@H](C[S-])NC(=O)[C@H](N)Cc1ccccc1)C(=O)N[C@@H](C[S-])C(=O)N[C@H](CO)[C@@H](C)O.[111In+3]. The van der Waals surface area contributed by atoms with E-state index in [9.17, 15) is 48.9 Å². The molecule has 0 saturated carbocycles. The van der Waals surface area contributed by atoms with E-state index in [0.717, 1.165) is 5.56 Å². The van der Waals surface area contributed by atoms with Crippen LogP contribution in [0.3, 0.4) is 0 Å². The molecule has 1 heterocycles. The molecular formula is C49H65InN10O10S2. The fraction of sp³-hybridized carbons (Fsp3) is 0.449. The number of amides is 7. The van der Waals surface area contributed by atoms with Crippen molar-refractivity contribution in [2.45, 2.75) is 113 Å². The fourth-order valence-corrected chi connectivity index (χ4v) is 7.90. The van der Waals surface area contributed by atoms with Gasteiger partial charge in [-0.15, -0.1) is 17.0 Å². The van der Waals surface area contributed by atoms with E-state index in [1.54, 1.807) is 60.8 Å². The van der Waals surface area contributed by atoms with E-state index in [1.807, 2.05) is 30.3 Å². The molecule has 0 radical (unpaired) electrons. The Balaban J connectivity index is 0.0000137. The number of nitrogens with zero attached hydrogens (tertiary/aromatic N) is 1. The second kappa shape index (κ2) is 31.4. The largest absolute Gasteiger partial charge is 3.00 e. The van der Waals surface area contributed by atoms with Gasteiger partial charge in [0, 0.05) is 12.8 Å². The predicted molar refractivity (Wildman–Crippen MR) is 276 cm³/mol. The van der Waals surface area contributed by atoms with E-state index in [4.69, 9.17) is 36.7 Å². The second-order valence-corrected chi connectivity index (χ2v) is 17.8. The first-order valence-corrected chi connectivity index (χ1v) is 24.4. The summed E-state index contributed by atoms with van der Waals surface area (Å²) in [6, 6.07) is 14.5. The number of carbonyl (C=O) groups excluding carboxylic acids is 7. The molecule has 23 heteroatoms. The molecule has 0 fully saturated rings. The van der Waals surface area contributed by atoms with Crippen LogP contribution in [0.15, 0.2) is 91.1 Å². The van der Waals surface area contributed by atoms with Gasteiger partial charge < -0.3 is 94.2 Å². The molecule has 20 nitrogen and oxygen atoms in total. The van der Waals surface area contributed by atoms with Gasteiger partial charge in [-0.05, 0) is 62.6 Å². The van der Waals surface area contributed by atoms with E-state index < -0.39 is 108 Å². The molecule has 0 aliphatic rings. The fourth-order valence-electron chi connectivity index (χ4n) is 7.43. The summed E-state index contributed by atoms with van der Waals surface area (Å²) >= 11 is 10.3. The Kier molecular flexibility index (Phi) is 26.7. The Labute approximate surface area is 448 Å². The van der Waals surface area contributed by atoms with Crippen LogP contribution >= 0.6 is 0 Å². The maximum atomic E-state index is 14.6. The van der Waals surface area contributed by atoms with Gasteiger partial charge in [-0.25, -0.2) is 0 Å². The number of rotatable bonds is 29. The zero-order chi connectivity index (χ0) is 52.0. The van der Waals surface area contributed by atoms with Crippen molar-refractivity contribution in [2.24, 2.45) is 11.5 Å². The summed E-state index contributed by atoms with van der Waals surface area (Å²) in [5.74, 6) is -6.36. The molecule has 0 saturated heterocycles. The zero-order valence-electron chi connectivity index (χ0n) is 40.2. The number of para-hydroxylation sites is 1. The number of hydrogen-bond donors (Lipinski definition) is 12. The Bertz CT molecular complexity index is 2370. The number of benzene rings is 3. The summed E-state index contributed by atoms with van der Waals surface area (Å²) in [6.07, 6.45) is -0.351. The van der Waals surface area contributed by atoms with Crippen molar-refractivity contribution >= 4 is 103 Å². The van der Waals surface area contributed by atoms with E-state index in [-0.39, 0.29) is 69.6 Å². The third-order valence-electron chi connectivity index (χ3n) is 11.6. The van der Waals surface area contributed by atoms with Crippen molar-refractivity contribution in [2.75, 3.05) is 24.7 Å². The molecule has 4 rings (SSSR count). The van der Waals surface area contributed by atoms with Crippen LogP contribution in [-0.2, 0) is 78.1 Å². The minimum atomic E-state index is -1.67. The van der Waals surface area contributed by atoms with E-state index in [2.05, 4.69) is 42.2 Å². The molecule has 1 aromatic heterocycles. The first kappa shape index (κ1) is 61.2. The van der Waals surface area contributed by atoms with Crippen molar-refractivity contribution in [3.63, 3.8) is 0 Å². The summed E-state index contributed by atoms with van der Waals surface area (Å²) in [5.41, 5.74) is 14.6. The monoisotopic (exact) mass is 1130 g/mol. The smallest absolute Gasteiger partial charge is 0.790 e. The minimum Gasteiger partial charge on any atom is -0.790 e. The Morgan fingerprint density at radius 3 is 1.58 bits per heavy atom. The number of aliphatic hydroxyl groups excluding tert-OH is 3. The molecule has 4 aromatic rings. The molecule has 14 N–H and O–H groups in total. The predicted octanol–water partition coefficient (Wildman–Crippen LogP) is -2.86. The third kappa shape index (κ3) is 19.0. The molecule has 0 aliphatic heterocycles. The van der Waals surface area contributed by atoms with E-state index in [1.165, 1.54) is 13.8 Å². The topological polar surface area (TPSA) is 331 Å². The standard InChI is InChI=1S/C49H67N10O10S2.In/c1-28(61)39(25-60)56-48(68)41(27-71)58-49(69)42(29(2)62)59-44(64)36(19-11-12-20-50)53-46(66)38(23-32-24-52-35-18-10-9-17-33(32)35)55-45(65)37(22-31-15-7-4-8-16-31)54-47(67)40(26-70)57-43(63)34(51)21-30-13-5-3-6-14-30;/h3-10,13-18,24,28-29,34,36-42,60-62,70-71H,11-12,19-23,25-27,50-51H2,1-2H3,(H,53,66)(H,54,67)(H,55,65)(H,56,68)(H,57,63)(H,58,69)(H,59,64);/q-1;+3/p-2/t28-,29-,34-,36+,37+,38-,39-,40+,41+,42+;/m1./s1/i;1-4. The zero-order valence-corrected chi connectivity index (χ0v) is 45.1. The number of fused-ring (bicyclic) bond motifs is 1. The molecule has 3 aromatic carbocycles. The van der Waals surface area contributed by atoms with Gasteiger partial charge >= 0.3 is 25.8 Å². The molecule has 0 spiro atoms. The molecule has 0 unspecified atom stereocenters. The van der Waals surface area contributed by atoms with Gasteiger partial charge in [0.25, 0.3) is 0 Å². The molecule has 7 amide bonds. The van der Waals surface area contributed by atoms with Gasteiger partial charge in [-0.2, -0.15) is 6.20 Å². The van der Waals surface area contributed by atoms with Crippen LogP contribution in [0.1, 0.15) is 49.8 Å². The van der Waals surface area contributed by atoms with Crippen molar-refractivity contribution in [3.05, 3.63) is 108 Å². The molecule has 386 valence electrons. The summed E-state index contributed by atoms with van der Waals surface area (Å²) < 4.78 is 0. The van der Waals surface area contributed by atoms with Crippen molar-refractivity contribution in [1.29, 1.82) is 0 Å². The first-order valence-electron chi connectivity index (χ1n) is 23.3. The third-order valence-corrected chi connectivity index (χ3v) is 12.2. The Hall–Kier alpha value is -5.14. The number of aromatic nitrogens is 1. The van der Waals surface area contributed by atoms with Crippen LogP contribution in [0.5, 0.6) is 0 Å². The molecule has 0 aliphatic carbocycles. The summed E-state index contributed by atoms with van der Waals surface area (Å²) in [5, 5.41) is 48.9. The van der Waals surface area contributed by atoms with Gasteiger partial charge in [-0.1, -0.05) is 90.5 Å². The van der Waals surface area contributed by atoms with Crippen LogP contribution < -0.4 is 53.7 Å². The first-order chi connectivity index (χ1) is 34.0. The molecule has 0 bridgehead atoms. The van der Waals surface area contributed by atoms with Gasteiger partial charge in [0.15, 0.2) is 0 Å². The summed E-state index contributed by atoms with van der Waals surface area (Å²) in [6.45, 7) is 2.21. The van der Waals surface area contributed by atoms with Gasteiger partial charge in [-0.3, -0.25) is 33.6 Å². The van der Waals surface area contributed by atoms with E-state index in [0.29, 0.717) is 34.9 Å². The number of unbranched alkanes of at least 4 members (excludes halogenated alkanes) is 1. The average Bonchev–Trinajstić information content (AvgIpc) is 3.77. The Morgan fingerprint density at radius 1 is 0.569 bits per heavy atom. The Morgan fingerprint density at radius 2 is 1.04 bits per heavy atom. The van der Waals surface area contributed by atoms with Gasteiger partial charge in [0.1, 0.15) is 24.2 Å². The minimum absolute atomic E-state index is 0. The van der Waals surface area contributed by atoms with Gasteiger partial charge in [0.2, 0.25) is 41.4 Å².